The van der Waals surface area contributed by atoms with Gasteiger partial charge in [-0.25, -0.2) is 0 Å². The van der Waals surface area contributed by atoms with Crippen molar-refractivity contribution in [2.45, 2.75) is 12.2 Å². The predicted molar refractivity (Wildman–Crippen MR) is 75.3 cm³/mol. The lowest BCUT2D eigenvalue weighted by Crippen LogP contribution is -2.19. The van der Waals surface area contributed by atoms with Crippen molar-refractivity contribution >= 4 is 23.4 Å². The van der Waals surface area contributed by atoms with Crippen LogP contribution in [0.1, 0.15) is 11.7 Å². The van der Waals surface area contributed by atoms with Crippen molar-refractivity contribution in [1.29, 1.82) is 0 Å². The molecule has 2 aromatic rings. The molecule has 0 aliphatic heterocycles. The van der Waals surface area contributed by atoms with Crippen LogP contribution in [0.4, 0.5) is 0 Å². The molecule has 0 saturated heterocycles. The lowest BCUT2D eigenvalue weighted by atomic mass is 10.0. The molecular weight excluding hydrogens is 248 g/mol. The van der Waals surface area contributed by atoms with E-state index in [1.54, 1.807) is 13.2 Å². The van der Waals surface area contributed by atoms with Crippen molar-refractivity contribution in [2.75, 3.05) is 12.9 Å². The van der Waals surface area contributed by atoms with E-state index in [0.29, 0.717) is 5.56 Å². The highest BCUT2D eigenvalue weighted by Crippen LogP contribution is 2.25. The van der Waals surface area contributed by atoms with Crippen LogP contribution in [-0.4, -0.2) is 29.2 Å². The molecule has 0 heterocycles. The molecule has 0 amide bonds. The van der Waals surface area contributed by atoms with Crippen LogP contribution in [-0.2, 0) is 0 Å². The van der Waals surface area contributed by atoms with Gasteiger partial charge < -0.3 is 14.9 Å². The minimum absolute atomic E-state index is 0.224. The van der Waals surface area contributed by atoms with Gasteiger partial charge in [-0.05, 0) is 34.5 Å². The monoisotopic (exact) mass is 264 g/mol. The Hall–Kier alpha value is -1.23. The third-order valence-corrected chi connectivity index (χ3v) is 3.34. The maximum atomic E-state index is 9.93. The van der Waals surface area contributed by atoms with Crippen molar-refractivity contribution in [2.24, 2.45) is 0 Å². The zero-order valence-corrected chi connectivity index (χ0v) is 11.0. The molecule has 0 fully saturated rings. The lowest BCUT2D eigenvalue weighted by molar-refractivity contribution is 0.0338. The van der Waals surface area contributed by atoms with Crippen LogP contribution in [0.3, 0.4) is 0 Å². The summed E-state index contributed by atoms with van der Waals surface area (Å²) in [6.45, 7) is 0. The summed E-state index contributed by atoms with van der Waals surface area (Å²) < 4.78 is 5.16. The van der Waals surface area contributed by atoms with Gasteiger partial charge in [-0.15, -0.1) is 0 Å². The smallest absolute Gasteiger partial charge is 0.119 e. The molecule has 2 rings (SSSR count). The number of methoxy groups -OCH3 is 1. The molecule has 96 valence electrons. The maximum absolute atomic E-state index is 9.93. The molecule has 0 aliphatic carbocycles. The molecule has 3 nitrogen and oxygen atoms in total. The van der Waals surface area contributed by atoms with Crippen molar-refractivity contribution in [3.8, 4) is 5.75 Å². The summed E-state index contributed by atoms with van der Waals surface area (Å²) in [7, 11) is 1.63. The van der Waals surface area contributed by atoms with E-state index in [9.17, 15) is 10.2 Å². The number of benzene rings is 2. The second kappa shape index (κ2) is 5.61. The summed E-state index contributed by atoms with van der Waals surface area (Å²) >= 11 is 3.98. The Labute approximate surface area is 111 Å². The molecule has 18 heavy (non-hydrogen) atoms. The fourth-order valence-electron chi connectivity index (χ4n) is 1.88. The van der Waals surface area contributed by atoms with E-state index >= 15 is 0 Å². The SMILES string of the molecule is COc1ccc2cc(C(O)C(O)CS)ccc2c1. The third kappa shape index (κ3) is 2.61. The molecule has 0 aliphatic rings. The predicted octanol–water partition coefficient (Wildman–Crippen LogP) is 2.17. The van der Waals surface area contributed by atoms with Crippen molar-refractivity contribution < 1.29 is 14.9 Å². The first-order valence-corrected chi connectivity index (χ1v) is 6.33. The van der Waals surface area contributed by atoms with E-state index in [-0.39, 0.29) is 5.75 Å². The van der Waals surface area contributed by atoms with E-state index in [0.717, 1.165) is 16.5 Å². The highest BCUT2D eigenvalue weighted by atomic mass is 32.1. The zero-order valence-electron chi connectivity index (χ0n) is 10.1. The Morgan fingerprint density at radius 1 is 1.11 bits per heavy atom. The third-order valence-electron chi connectivity index (χ3n) is 2.96. The molecule has 2 aromatic carbocycles. The number of aliphatic hydroxyl groups is 2. The van der Waals surface area contributed by atoms with Gasteiger partial charge in [-0.2, -0.15) is 12.6 Å². The van der Waals surface area contributed by atoms with Crippen LogP contribution in [0.15, 0.2) is 36.4 Å². The van der Waals surface area contributed by atoms with Gasteiger partial charge >= 0.3 is 0 Å². The molecule has 2 N–H and O–H groups in total. The number of hydrogen-bond acceptors (Lipinski definition) is 4. The largest absolute Gasteiger partial charge is 0.497 e. The number of rotatable bonds is 4. The fourth-order valence-corrected chi connectivity index (χ4v) is 2.07. The minimum Gasteiger partial charge on any atom is -0.497 e. The van der Waals surface area contributed by atoms with Crippen LogP contribution in [0, 0.1) is 0 Å². The standard InChI is InChI=1S/C14H16O3S/c1-17-12-5-4-9-6-11(3-2-10(9)7-12)14(16)13(15)8-18/h2-7,13-16,18H,8H2,1H3. The molecule has 2 atom stereocenters. The Morgan fingerprint density at radius 2 is 1.78 bits per heavy atom. The van der Waals surface area contributed by atoms with Gasteiger partial charge in [-0.3, -0.25) is 0 Å². The average molecular weight is 264 g/mol. The molecule has 0 radical (unpaired) electrons. The van der Waals surface area contributed by atoms with Crippen molar-refractivity contribution in [1.82, 2.24) is 0 Å². The van der Waals surface area contributed by atoms with Gasteiger partial charge in [0, 0.05) is 5.75 Å². The normalized spacial score (nSPS) is 14.4. The topological polar surface area (TPSA) is 49.7 Å². The molecule has 0 saturated carbocycles. The highest BCUT2D eigenvalue weighted by molar-refractivity contribution is 7.80. The van der Waals surface area contributed by atoms with Crippen molar-refractivity contribution in [3.05, 3.63) is 42.0 Å². The molecule has 4 heteroatoms. The number of hydrogen-bond donors (Lipinski definition) is 3. The van der Waals surface area contributed by atoms with E-state index in [1.807, 2.05) is 30.3 Å². The van der Waals surface area contributed by atoms with Crippen LogP contribution < -0.4 is 4.74 Å². The Bertz CT molecular complexity index is 542. The van der Waals surface area contributed by atoms with Crippen molar-refractivity contribution in [3.63, 3.8) is 0 Å². The van der Waals surface area contributed by atoms with Gasteiger partial charge in [0.15, 0.2) is 0 Å². The summed E-state index contributed by atoms with van der Waals surface area (Å²) in [5.41, 5.74) is 0.689. The molecular formula is C14H16O3S. The number of ether oxygens (including phenoxy) is 1. The number of aliphatic hydroxyl groups excluding tert-OH is 2. The van der Waals surface area contributed by atoms with Gasteiger partial charge in [0.2, 0.25) is 0 Å². The maximum Gasteiger partial charge on any atom is 0.119 e. The van der Waals surface area contributed by atoms with E-state index in [4.69, 9.17) is 4.74 Å². The average Bonchev–Trinajstić information content (AvgIpc) is 2.44. The molecule has 0 spiro atoms. The van der Waals surface area contributed by atoms with Gasteiger partial charge in [0.05, 0.1) is 13.2 Å². The first kappa shape index (κ1) is 13.2. The van der Waals surface area contributed by atoms with Gasteiger partial charge in [0.1, 0.15) is 11.9 Å². The molecule has 0 aromatic heterocycles. The van der Waals surface area contributed by atoms with E-state index < -0.39 is 12.2 Å². The zero-order chi connectivity index (χ0) is 13.1. The van der Waals surface area contributed by atoms with Crippen LogP contribution in [0.5, 0.6) is 5.75 Å². The number of thiol groups is 1. The van der Waals surface area contributed by atoms with Crippen LogP contribution in [0.25, 0.3) is 10.8 Å². The first-order chi connectivity index (χ1) is 8.65. The molecule has 2 unspecified atom stereocenters. The van der Waals surface area contributed by atoms with Gasteiger partial charge in [-0.1, -0.05) is 18.2 Å². The van der Waals surface area contributed by atoms with Crippen LogP contribution in [0.2, 0.25) is 0 Å². The number of fused-ring (bicyclic) bond motifs is 1. The van der Waals surface area contributed by atoms with E-state index in [2.05, 4.69) is 12.6 Å². The fraction of sp³-hybridized carbons (Fsp3) is 0.286. The quantitative estimate of drug-likeness (QED) is 0.742. The Balaban J connectivity index is 2.38. The summed E-state index contributed by atoms with van der Waals surface area (Å²) in [6.07, 6.45) is -1.77. The molecule has 0 bridgehead atoms. The summed E-state index contributed by atoms with van der Waals surface area (Å²) in [4.78, 5) is 0. The van der Waals surface area contributed by atoms with Gasteiger partial charge in [0.25, 0.3) is 0 Å². The second-order valence-corrected chi connectivity index (χ2v) is 4.53. The van der Waals surface area contributed by atoms with E-state index in [1.165, 1.54) is 0 Å². The van der Waals surface area contributed by atoms with Crippen LogP contribution >= 0.6 is 12.6 Å². The Kier molecular flexibility index (Phi) is 4.11. The summed E-state index contributed by atoms with van der Waals surface area (Å²) in [6, 6.07) is 11.3. The minimum atomic E-state index is -0.908. The first-order valence-electron chi connectivity index (χ1n) is 5.70. The highest BCUT2D eigenvalue weighted by Gasteiger charge is 2.16. The Morgan fingerprint density at radius 3 is 2.44 bits per heavy atom. The summed E-state index contributed by atoms with van der Waals surface area (Å²) in [5, 5.41) is 21.5. The lowest BCUT2D eigenvalue weighted by Gasteiger charge is -2.16. The second-order valence-electron chi connectivity index (χ2n) is 4.17. The summed E-state index contributed by atoms with van der Waals surface area (Å²) in [5.74, 6) is 1.02.